The Morgan fingerprint density at radius 1 is 1.19 bits per heavy atom. The zero-order valence-corrected chi connectivity index (χ0v) is 9.61. The first kappa shape index (κ1) is 11.0. The minimum absolute atomic E-state index is 0.732. The van der Waals surface area contributed by atoms with Crippen molar-refractivity contribution in [1.82, 2.24) is 4.81 Å². The van der Waals surface area contributed by atoms with E-state index >= 15 is 0 Å². The molecule has 3 heteroatoms. The van der Waals surface area contributed by atoms with Crippen molar-refractivity contribution in [2.24, 2.45) is 0 Å². The smallest absolute Gasteiger partial charge is 0.185 e. The van der Waals surface area contributed by atoms with Gasteiger partial charge in [-0.05, 0) is 49.2 Å². The van der Waals surface area contributed by atoms with Crippen LogP contribution in [-0.2, 0) is 0 Å². The van der Waals surface area contributed by atoms with Crippen LogP contribution in [0.1, 0.15) is 24.0 Å². The SMILES string of the molecule is BN1CCC=C(c2ccc(C#N)cc2)CC1. The number of nitriles is 1. The third kappa shape index (κ3) is 2.53. The highest BCUT2D eigenvalue weighted by atomic mass is 15.0. The van der Waals surface area contributed by atoms with Gasteiger partial charge in [-0.25, -0.2) is 0 Å². The Bertz CT molecular complexity index is 428. The normalized spacial score (nSPS) is 17.3. The van der Waals surface area contributed by atoms with E-state index in [2.05, 4.69) is 37.1 Å². The molecular weight excluding hydrogens is 195 g/mol. The summed E-state index contributed by atoms with van der Waals surface area (Å²) in [7, 11) is 2.16. The Balaban J connectivity index is 2.17. The van der Waals surface area contributed by atoms with Crippen LogP contribution < -0.4 is 0 Å². The van der Waals surface area contributed by atoms with Gasteiger partial charge < -0.3 is 4.81 Å². The summed E-state index contributed by atoms with van der Waals surface area (Å²) in [6.07, 6.45) is 4.54. The molecule has 0 unspecified atom stereocenters. The highest BCUT2D eigenvalue weighted by molar-refractivity contribution is 6.04. The summed E-state index contributed by atoms with van der Waals surface area (Å²) in [5.41, 5.74) is 3.40. The number of benzene rings is 1. The van der Waals surface area contributed by atoms with Gasteiger partial charge in [0.15, 0.2) is 7.98 Å². The van der Waals surface area contributed by atoms with Crippen LogP contribution in [0.25, 0.3) is 5.57 Å². The molecule has 1 heterocycles. The summed E-state index contributed by atoms with van der Waals surface area (Å²) in [4.78, 5) is 2.35. The molecule has 1 aliphatic heterocycles. The molecule has 2 nitrogen and oxygen atoms in total. The monoisotopic (exact) mass is 210 g/mol. The van der Waals surface area contributed by atoms with Gasteiger partial charge in [-0.3, -0.25) is 0 Å². The summed E-state index contributed by atoms with van der Waals surface area (Å²) in [6.45, 7) is 2.26. The van der Waals surface area contributed by atoms with Crippen molar-refractivity contribution < 1.29 is 0 Å². The van der Waals surface area contributed by atoms with Gasteiger partial charge >= 0.3 is 0 Å². The van der Waals surface area contributed by atoms with Crippen molar-refractivity contribution in [3.63, 3.8) is 0 Å². The molecule has 0 N–H and O–H groups in total. The first-order valence-corrected chi connectivity index (χ1v) is 5.68. The van der Waals surface area contributed by atoms with Gasteiger partial charge in [-0.15, -0.1) is 0 Å². The van der Waals surface area contributed by atoms with Gasteiger partial charge in [-0.1, -0.05) is 18.2 Å². The summed E-state index contributed by atoms with van der Waals surface area (Å²) < 4.78 is 0. The minimum Gasteiger partial charge on any atom is -0.348 e. The fraction of sp³-hybridized carbons (Fsp3) is 0.308. The molecule has 80 valence electrons. The van der Waals surface area contributed by atoms with Crippen LogP contribution in [-0.4, -0.2) is 25.9 Å². The average Bonchev–Trinajstić information content (AvgIpc) is 2.54. The van der Waals surface area contributed by atoms with Gasteiger partial charge in [0.25, 0.3) is 0 Å². The van der Waals surface area contributed by atoms with Gasteiger partial charge in [0, 0.05) is 0 Å². The van der Waals surface area contributed by atoms with Crippen LogP contribution in [0.5, 0.6) is 0 Å². The quantitative estimate of drug-likeness (QED) is 0.658. The third-order valence-corrected chi connectivity index (χ3v) is 3.05. The second-order valence-corrected chi connectivity index (χ2v) is 4.26. The van der Waals surface area contributed by atoms with Crippen molar-refractivity contribution in [2.45, 2.75) is 12.8 Å². The lowest BCUT2D eigenvalue weighted by Crippen LogP contribution is -2.20. The Morgan fingerprint density at radius 3 is 2.62 bits per heavy atom. The largest absolute Gasteiger partial charge is 0.348 e. The number of hydrogen-bond acceptors (Lipinski definition) is 2. The van der Waals surface area contributed by atoms with Crippen LogP contribution >= 0.6 is 0 Å². The second-order valence-electron chi connectivity index (χ2n) is 4.26. The van der Waals surface area contributed by atoms with E-state index in [1.165, 1.54) is 11.1 Å². The lowest BCUT2D eigenvalue weighted by atomic mass is 10.0. The molecule has 0 saturated heterocycles. The lowest BCUT2D eigenvalue weighted by Gasteiger charge is -2.12. The molecule has 0 amide bonds. The molecule has 0 spiro atoms. The number of rotatable bonds is 1. The molecular formula is C13H15BN2. The fourth-order valence-corrected chi connectivity index (χ4v) is 2.01. The Morgan fingerprint density at radius 2 is 1.94 bits per heavy atom. The summed E-state index contributed by atoms with van der Waals surface area (Å²) >= 11 is 0. The predicted molar refractivity (Wildman–Crippen MR) is 68.5 cm³/mol. The van der Waals surface area contributed by atoms with Gasteiger partial charge in [0.1, 0.15) is 0 Å². The highest BCUT2D eigenvalue weighted by Gasteiger charge is 2.07. The van der Waals surface area contributed by atoms with E-state index in [1.807, 2.05) is 12.1 Å². The van der Waals surface area contributed by atoms with Crippen LogP contribution in [0, 0.1) is 11.3 Å². The van der Waals surface area contributed by atoms with Crippen molar-refractivity contribution in [3.8, 4) is 6.07 Å². The number of nitrogens with zero attached hydrogens (tertiary/aromatic N) is 2. The molecule has 1 aliphatic rings. The maximum atomic E-state index is 8.75. The molecule has 1 aromatic rings. The maximum absolute atomic E-state index is 8.75. The molecule has 0 atom stereocenters. The highest BCUT2D eigenvalue weighted by Crippen LogP contribution is 2.21. The van der Waals surface area contributed by atoms with E-state index in [4.69, 9.17) is 5.26 Å². The molecule has 0 aromatic heterocycles. The van der Waals surface area contributed by atoms with Gasteiger partial charge in [-0.2, -0.15) is 5.26 Å². The minimum atomic E-state index is 0.732. The van der Waals surface area contributed by atoms with Crippen molar-refractivity contribution in [1.29, 1.82) is 5.26 Å². The average molecular weight is 210 g/mol. The van der Waals surface area contributed by atoms with Crippen LogP contribution in [0.15, 0.2) is 30.3 Å². The van der Waals surface area contributed by atoms with Crippen LogP contribution in [0.4, 0.5) is 0 Å². The van der Waals surface area contributed by atoms with Crippen molar-refractivity contribution >= 4 is 13.6 Å². The summed E-state index contributed by atoms with van der Waals surface area (Å²) in [6, 6.07) is 10.0. The molecule has 0 fully saturated rings. The maximum Gasteiger partial charge on any atom is 0.185 e. The zero-order valence-electron chi connectivity index (χ0n) is 9.61. The Kier molecular flexibility index (Phi) is 3.43. The zero-order chi connectivity index (χ0) is 11.4. The summed E-state index contributed by atoms with van der Waals surface area (Å²) in [5.74, 6) is 0. The third-order valence-electron chi connectivity index (χ3n) is 3.05. The molecule has 0 radical (unpaired) electrons. The van der Waals surface area contributed by atoms with E-state index < -0.39 is 0 Å². The van der Waals surface area contributed by atoms with Gasteiger partial charge in [0.2, 0.25) is 0 Å². The molecule has 0 saturated carbocycles. The van der Waals surface area contributed by atoms with E-state index in [9.17, 15) is 0 Å². The lowest BCUT2D eigenvalue weighted by molar-refractivity contribution is 0.480. The molecule has 0 bridgehead atoms. The molecule has 0 aliphatic carbocycles. The van der Waals surface area contributed by atoms with E-state index in [-0.39, 0.29) is 0 Å². The fourth-order valence-electron chi connectivity index (χ4n) is 2.01. The van der Waals surface area contributed by atoms with Crippen LogP contribution in [0.3, 0.4) is 0 Å². The van der Waals surface area contributed by atoms with Crippen molar-refractivity contribution in [2.75, 3.05) is 13.1 Å². The van der Waals surface area contributed by atoms with E-state index in [1.54, 1.807) is 0 Å². The standard InChI is InChI=1S/C13H15BN2/c14-16-8-1-2-12(7-9-16)13-5-3-11(10-15)4-6-13/h2-6H,1,7-9,14H2. The Hall–Kier alpha value is -1.53. The molecule has 1 aromatic carbocycles. The Labute approximate surface area is 97.6 Å². The number of hydrogen-bond donors (Lipinski definition) is 0. The molecule has 2 rings (SSSR count). The van der Waals surface area contributed by atoms with Crippen LogP contribution in [0.2, 0.25) is 0 Å². The van der Waals surface area contributed by atoms with E-state index in [0.29, 0.717) is 0 Å². The first-order chi connectivity index (χ1) is 7.79. The van der Waals surface area contributed by atoms with E-state index in [0.717, 1.165) is 31.5 Å². The molecule has 16 heavy (non-hydrogen) atoms. The van der Waals surface area contributed by atoms with Gasteiger partial charge in [0.05, 0.1) is 11.6 Å². The first-order valence-electron chi connectivity index (χ1n) is 5.68. The summed E-state index contributed by atoms with van der Waals surface area (Å²) in [5, 5.41) is 8.75. The topological polar surface area (TPSA) is 27.0 Å². The second kappa shape index (κ2) is 5.00. The predicted octanol–water partition coefficient (Wildman–Crippen LogP) is 1.59. The van der Waals surface area contributed by atoms with Crippen molar-refractivity contribution in [3.05, 3.63) is 41.5 Å².